The number of Topliss-reactive ketones (excluding diaryl/α,β-unsaturated/α-hetero) is 1. The normalized spacial score (nSPS) is 15.7. The Balaban J connectivity index is 1.29. The molecule has 9 nitrogen and oxygen atoms in total. The van der Waals surface area contributed by atoms with Crippen LogP contribution in [0.5, 0.6) is 0 Å². The van der Waals surface area contributed by atoms with E-state index in [-0.39, 0.29) is 49.0 Å². The van der Waals surface area contributed by atoms with Gasteiger partial charge in [-0.1, -0.05) is 6.07 Å². The van der Waals surface area contributed by atoms with Gasteiger partial charge in [-0.25, -0.2) is 14.2 Å². The van der Waals surface area contributed by atoms with E-state index < -0.39 is 18.0 Å². The number of hydrogen-bond acceptors (Lipinski definition) is 7. The second kappa shape index (κ2) is 9.04. The second-order valence-corrected chi connectivity index (χ2v) is 7.77. The van der Waals surface area contributed by atoms with Gasteiger partial charge in [0.05, 0.1) is 29.2 Å². The number of thiophene rings is 1. The number of H-pyrrole nitrogens is 1. The number of nitrogens with one attached hydrogen (secondary N) is 2. The first-order chi connectivity index (χ1) is 15.0. The van der Waals surface area contributed by atoms with Crippen LogP contribution >= 0.6 is 11.3 Å². The molecule has 3 heterocycles. The molecule has 1 aliphatic rings. The standard InChI is InChI=1S/C20H18FN5O4S/c21-15-8-12(3-4-14(15)19-23-11-24-25-19)26-10-13(30-20(26)29)9-22-18(28)6-5-16(27)17-2-1-7-31-17/h1-4,7-8,11,13H,5-6,9-10H2,(H,22,28)(H,23,24,25). The summed E-state index contributed by atoms with van der Waals surface area (Å²) < 4.78 is 19.7. The molecule has 1 atom stereocenters. The molecule has 0 spiro atoms. The number of amides is 2. The summed E-state index contributed by atoms with van der Waals surface area (Å²) in [6.07, 6.45) is 0.229. The number of benzene rings is 1. The van der Waals surface area contributed by atoms with Crippen molar-refractivity contribution in [1.29, 1.82) is 0 Å². The number of hydrogen-bond donors (Lipinski definition) is 2. The van der Waals surface area contributed by atoms with Crippen molar-refractivity contribution in [3.63, 3.8) is 0 Å². The molecule has 160 valence electrons. The minimum absolute atomic E-state index is 0.0510. The Labute approximate surface area is 180 Å². The summed E-state index contributed by atoms with van der Waals surface area (Å²) in [5, 5.41) is 10.8. The lowest BCUT2D eigenvalue weighted by molar-refractivity contribution is -0.121. The van der Waals surface area contributed by atoms with E-state index in [2.05, 4.69) is 20.5 Å². The maximum atomic E-state index is 14.4. The van der Waals surface area contributed by atoms with E-state index in [1.54, 1.807) is 23.6 Å². The number of cyclic esters (lactones) is 1. The summed E-state index contributed by atoms with van der Waals surface area (Å²) >= 11 is 1.34. The Morgan fingerprint density at radius 1 is 1.32 bits per heavy atom. The Kier molecular flexibility index (Phi) is 6.03. The average Bonchev–Trinajstić information content (AvgIpc) is 3.52. The smallest absolute Gasteiger partial charge is 0.414 e. The first-order valence-electron chi connectivity index (χ1n) is 9.48. The van der Waals surface area contributed by atoms with Crippen LogP contribution in [0.4, 0.5) is 14.9 Å². The molecule has 1 aliphatic heterocycles. The third-order valence-electron chi connectivity index (χ3n) is 4.71. The largest absolute Gasteiger partial charge is 0.442 e. The van der Waals surface area contributed by atoms with Crippen LogP contribution in [0, 0.1) is 5.82 Å². The maximum Gasteiger partial charge on any atom is 0.414 e. The fourth-order valence-electron chi connectivity index (χ4n) is 3.14. The van der Waals surface area contributed by atoms with E-state index in [9.17, 15) is 18.8 Å². The van der Waals surface area contributed by atoms with Crippen molar-refractivity contribution in [3.05, 3.63) is 52.7 Å². The fourth-order valence-corrected chi connectivity index (χ4v) is 3.84. The molecule has 0 aliphatic carbocycles. The first-order valence-corrected chi connectivity index (χ1v) is 10.4. The van der Waals surface area contributed by atoms with Gasteiger partial charge in [-0.3, -0.25) is 19.6 Å². The van der Waals surface area contributed by atoms with Crippen molar-refractivity contribution < 1.29 is 23.5 Å². The third kappa shape index (κ3) is 4.77. The predicted octanol–water partition coefficient (Wildman–Crippen LogP) is 2.78. The molecule has 3 aromatic rings. The van der Waals surface area contributed by atoms with Gasteiger partial charge in [0, 0.05) is 12.8 Å². The number of aromatic amines is 1. The number of ether oxygens (including phenoxy) is 1. The van der Waals surface area contributed by atoms with Crippen LogP contribution in [0.3, 0.4) is 0 Å². The summed E-state index contributed by atoms with van der Waals surface area (Å²) in [6.45, 7) is 0.265. The molecular formula is C20H18FN5O4S. The highest BCUT2D eigenvalue weighted by molar-refractivity contribution is 7.12. The van der Waals surface area contributed by atoms with Gasteiger partial charge in [0.2, 0.25) is 5.91 Å². The lowest BCUT2D eigenvalue weighted by atomic mass is 10.1. The van der Waals surface area contributed by atoms with Gasteiger partial charge in [0.1, 0.15) is 18.2 Å². The SMILES string of the molecule is O=C(CCC(=O)c1cccs1)NCC1CN(c2ccc(-c3ncn[nH]3)c(F)c2)C(=O)O1. The highest BCUT2D eigenvalue weighted by atomic mass is 32.1. The van der Waals surface area contributed by atoms with Gasteiger partial charge in [0.15, 0.2) is 11.6 Å². The molecule has 2 amide bonds. The summed E-state index contributed by atoms with van der Waals surface area (Å²) in [4.78, 5) is 42.0. The summed E-state index contributed by atoms with van der Waals surface area (Å²) in [6, 6.07) is 7.80. The highest BCUT2D eigenvalue weighted by Crippen LogP contribution is 2.27. The maximum absolute atomic E-state index is 14.4. The van der Waals surface area contributed by atoms with E-state index in [1.807, 2.05) is 0 Å². The Morgan fingerprint density at radius 2 is 2.19 bits per heavy atom. The van der Waals surface area contributed by atoms with E-state index in [0.29, 0.717) is 10.6 Å². The van der Waals surface area contributed by atoms with Gasteiger partial charge in [-0.15, -0.1) is 11.3 Å². The van der Waals surface area contributed by atoms with E-state index in [4.69, 9.17) is 4.74 Å². The van der Waals surface area contributed by atoms with Gasteiger partial charge in [-0.2, -0.15) is 5.10 Å². The summed E-state index contributed by atoms with van der Waals surface area (Å²) in [5.41, 5.74) is 0.566. The first kappa shape index (κ1) is 20.7. The fraction of sp³-hybridized carbons (Fsp3) is 0.250. The van der Waals surface area contributed by atoms with Gasteiger partial charge in [-0.05, 0) is 29.6 Å². The number of halogens is 1. The van der Waals surface area contributed by atoms with E-state index >= 15 is 0 Å². The Hall–Kier alpha value is -3.60. The summed E-state index contributed by atoms with van der Waals surface area (Å²) in [7, 11) is 0. The van der Waals surface area contributed by atoms with Crippen molar-refractivity contribution in [3.8, 4) is 11.4 Å². The molecule has 2 N–H and O–H groups in total. The van der Waals surface area contributed by atoms with Crippen LogP contribution < -0.4 is 10.2 Å². The lowest BCUT2D eigenvalue weighted by Crippen LogP contribution is -2.34. The molecule has 0 saturated carbocycles. The zero-order valence-electron chi connectivity index (χ0n) is 16.2. The minimum atomic E-state index is -0.626. The van der Waals surface area contributed by atoms with E-state index in [0.717, 1.165) is 0 Å². The Bertz CT molecular complexity index is 1090. The molecule has 31 heavy (non-hydrogen) atoms. The molecule has 0 radical (unpaired) electrons. The number of carbonyl (C=O) groups is 3. The molecule has 1 aromatic carbocycles. The van der Waals surface area contributed by atoms with Crippen molar-refractivity contribution in [2.75, 3.05) is 18.0 Å². The number of aromatic nitrogens is 3. The number of anilines is 1. The number of carbonyl (C=O) groups excluding carboxylic acids is 3. The quantitative estimate of drug-likeness (QED) is 0.517. The van der Waals surface area contributed by atoms with Crippen LogP contribution in [0.25, 0.3) is 11.4 Å². The van der Waals surface area contributed by atoms with E-state index in [1.165, 1.54) is 34.7 Å². The predicted molar refractivity (Wildman–Crippen MR) is 110 cm³/mol. The van der Waals surface area contributed by atoms with Gasteiger partial charge >= 0.3 is 6.09 Å². The third-order valence-corrected chi connectivity index (χ3v) is 5.62. The zero-order chi connectivity index (χ0) is 21.8. The molecule has 1 saturated heterocycles. The van der Waals surface area contributed by atoms with Crippen molar-refractivity contribution in [2.24, 2.45) is 0 Å². The topological polar surface area (TPSA) is 117 Å². The Morgan fingerprint density at radius 3 is 2.90 bits per heavy atom. The van der Waals surface area contributed by atoms with Crippen LogP contribution in [-0.2, 0) is 9.53 Å². The monoisotopic (exact) mass is 443 g/mol. The number of ketones is 1. The molecule has 4 rings (SSSR count). The highest BCUT2D eigenvalue weighted by Gasteiger charge is 2.33. The molecule has 1 fully saturated rings. The van der Waals surface area contributed by atoms with Crippen LogP contribution in [0.15, 0.2) is 42.0 Å². The molecular weight excluding hydrogens is 425 g/mol. The second-order valence-electron chi connectivity index (χ2n) is 6.82. The van der Waals surface area contributed by atoms with Gasteiger partial charge < -0.3 is 10.1 Å². The molecule has 1 unspecified atom stereocenters. The molecule has 11 heteroatoms. The van der Waals surface area contributed by atoms with Crippen molar-refractivity contribution in [2.45, 2.75) is 18.9 Å². The molecule has 0 bridgehead atoms. The number of rotatable bonds is 8. The number of nitrogens with zero attached hydrogens (tertiary/aromatic N) is 3. The average molecular weight is 443 g/mol. The van der Waals surface area contributed by atoms with Crippen molar-refractivity contribution >= 4 is 34.8 Å². The van der Waals surface area contributed by atoms with Crippen LogP contribution in [0.1, 0.15) is 22.5 Å². The van der Waals surface area contributed by atoms with Crippen LogP contribution in [0.2, 0.25) is 0 Å². The lowest BCUT2D eigenvalue weighted by Gasteiger charge is -2.14. The van der Waals surface area contributed by atoms with Crippen LogP contribution in [-0.4, -0.2) is 52.2 Å². The zero-order valence-corrected chi connectivity index (χ0v) is 17.0. The van der Waals surface area contributed by atoms with Gasteiger partial charge in [0.25, 0.3) is 0 Å². The minimum Gasteiger partial charge on any atom is -0.442 e. The van der Waals surface area contributed by atoms with Crippen molar-refractivity contribution in [1.82, 2.24) is 20.5 Å². The summed E-state index contributed by atoms with van der Waals surface area (Å²) in [5.74, 6) is -0.665. The molecule has 2 aromatic heterocycles.